The molecule has 1 aliphatic heterocycles. The van der Waals surface area contributed by atoms with Crippen molar-refractivity contribution < 1.29 is 14.7 Å². The van der Waals surface area contributed by atoms with Crippen molar-refractivity contribution in [2.24, 2.45) is 0 Å². The fraction of sp³-hybridized carbons (Fsp3) is 0.560. The van der Waals surface area contributed by atoms with Gasteiger partial charge in [0.15, 0.2) is 0 Å². The van der Waals surface area contributed by atoms with Crippen LogP contribution in [0.2, 0.25) is 5.02 Å². The number of hydrogen-bond acceptors (Lipinski definition) is 6. The van der Waals surface area contributed by atoms with E-state index in [-0.39, 0.29) is 29.4 Å². The lowest BCUT2D eigenvalue weighted by Gasteiger charge is -2.32. The molecule has 2 heterocycles. The summed E-state index contributed by atoms with van der Waals surface area (Å²) in [6.45, 7) is 3.51. The molecular weight excluding hydrogens is 454 g/mol. The molecule has 2 unspecified atom stereocenters. The largest absolute Gasteiger partial charge is 0.390 e. The predicted octanol–water partition coefficient (Wildman–Crippen LogP) is 2.65. The number of nitrogens with zero attached hydrogens (tertiary/aromatic N) is 2. The molecule has 3 aliphatic rings. The van der Waals surface area contributed by atoms with E-state index < -0.39 is 6.10 Å². The molecule has 0 aromatic carbocycles. The second-order valence-electron chi connectivity index (χ2n) is 9.39. The minimum Gasteiger partial charge on any atom is -0.390 e. The van der Waals surface area contributed by atoms with Crippen molar-refractivity contribution in [3.8, 4) is 0 Å². The first-order chi connectivity index (χ1) is 16.4. The lowest BCUT2D eigenvalue weighted by Crippen LogP contribution is -2.41. The van der Waals surface area contributed by atoms with E-state index in [1.807, 2.05) is 4.90 Å². The Kier molecular flexibility index (Phi) is 8.24. The summed E-state index contributed by atoms with van der Waals surface area (Å²) >= 11 is 6.49. The summed E-state index contributed by atoms with van der Waals surface area (Å²) in [5.41, 5.74) is 3.29. The van der Waals surface area contributed by atoms with Gasteiger partial charge in [-0.3, -0.25) is 9.59 Å². The maximum atomic E-state index is 12.7. The summed E-state index contributed by atoms with van der Waals surface area (Å²) < 4.78 is 0. The third-order valence-corrected chi connectivity index (χ3v) is 7.28. The summed E-state index contributed by atoms with van der Waals surface area (Å²) in [6.07, 6.45) is 11.2. The Balaban J connectivity index is 1.22. The second kappa shape index (κ2) is 11.3. The van der Waals surface area contributed by atoms with Crippen molar-refractivity contribution in [3.05, 3.63) is 46.1 Å². The summed E-state index contributed by atoms with van der Waals surface area (Å²) in [4.78, 5) is 30.4. The van der Waals surface area contributed by atoms with Crippen LogP contribution >= 0.6 is 11.6 Å². The van der Waals surface area contributed by atoms with Crippen LogP contribution in [0.3, 0.4) is 0 Å². The normalized spacial score (nSPS) is 21.4. The first-order valence-electron chi connectivity index (χ1n) is 12.1. The van der Waals surface area contributed by atoms with Crippen molar-refractivity contribution in [2.45, 2.75) is 63.6 Å². The smallest absolute Gasteiger partial charge is 0.253 e. The number of aliphatic hydroxyl groups excluding tert-OH is 1. The number of rotatable bonds is 8. The number of carbonyl (C=O) groups is 2. The highest BCUT2D eigenvalue weighted by molar-refractivity contribution is 6.36. The first kappa shape index (κ1) is 24.7. The highest BCUT2D eigenvalue weighted by Gasteiger charge is 2.25. The SMILES string of the molecule is CC(=O)N1CCC(Nc2nccc(C(=O)NCC(O)CNC3CC4=C(CCC=C4)C3)c2Cl)CC1. The van der Waals surface area contributed by atoms with Gasteiger partial charge in [-0.25, -0.2) is 4.98 Å². The van der Waals surface area contributed by atoms with E-state index in [1.54, 1.807) is 19.2 Å². The number of halogens is 1. The number of piperidine rings is 1. The number of likely N-dealkylation sites (tertiary alicyclic amines) is 1. The predicted molar refractivity (Wildman–Crippen MR) is 133 cm³/mol. The zero-order chi connectivity index (χ0) is 24.1. The van der Waals surface area contributed by atoms with Crippen LogP contribution in [0, 0.1) is 0 Å². The van der Waals surface area contributed by atoms with Crippen LogP contribution in [0.4, 0.5) is 5.82 Å². The van der Waals surface area contributed by atoms with Crippen LogP contribution in [0.5, 0.6) is 0 Å². The summed E-state index contributed by atoms with van der Waals surface area (Å²) in [5, 5.41) is 20.2. The Bertz CT molecular complexity index is 971. The summed E-state index contributed by atoms with van der Waals surface area (Å²) in [6, 6.07) is 2.07. The fourth-order valence-corrected chi connectivity index (χ4v) is 5.17. The topological polar surface area (TPSA) is 107 Å². The Morgan fingerprint density at radius 1 is 1.24 bits per heavy atom. The Morgan fingerprint density at radius 3 is 2.76 bits per heavy atom. The maximum absolute atomic E-state index is 12.7. The van der Waals surface area contributed by atoms with E-state index in [0.29, 0.717) is 37.1 Å². The van der Waals surface area contributed by atoms with E-state index in [4.69, 9.17) is 11.6 Å². The van der Waals surface area contributed by atoms with Gasteiger partial charge in [0.25, 0.3) is 5.91 Å². The molecular formula is C25H34ClN5O3. The van der Waals surface area contributed by atoms with Gasteiger partial charge in [-0.2, -0.15) is 0 Å². The third-order valence-electron chi connectivity index (χ3n) is 6.90. The highest BCUT2D eigenvalue weighted by Crippen LogP contribution is 2.33. The molecule has 1 fully saturated rings. The molecule has 0 saturated carbocycles. The quantitative estimate of drug-likeness (QED) is 0.449. The molecule has 2 atom stereocenters. The van der Waals surface area contributed by atoms with Crippen molar-refractivity contribution in [2.75, 3.05) is 31.5 Å². The molecule has 1 aromatic rings. The minimum atomic E-state index is -0.693. The first-order valence-corrected chi connectivity index (χ1v) is 12.5. The molecule has 0 radical (unpaired) electrons. The number of nitrogens with one attached hydrogen (secondary N) is 3. The van der Waals surface area contributed by atoms with Crippen LogP contribution in [-0.4, -0.2) is 71.2 Å². The fourth-order valence-electron chi connectivity index (χ4n) is 4.92. The van der Waals surface area contributed by atoms with Gasteiger partial charge in [0.1, 0.15) is 5.82 Å². The third kappa shape index (κ3) is 6.17. The molecule has 8 nitrogen and oxygen atoms in total. The van der Waals surface area contributed by atoms with Crippen LogP contribution in [-0.2, 0) is 4.79 Å². The van der Waals surface area contributed by atoms with Gasteiger partial charge in [-0.05, 0) is 50.2 Å². The van der Waals surface area contributed by atoms with Crippen molar-refractivity contribution in [1.29, 1.82) is 0 Å². The molecule has 1 aromatic heterocycles. The molecule has 184 valence electrons. The molecule has 9 heteroatoms. The Labute approximate surface area is 205 Å². The number of aromatic nitrogens is 1. The van der Waals surface area contributed by atoms with Gasteiger partial charge in [0.05, 0.1) is 16.7 Å². The maximum Gasteiger partial charge on any atom is 0.253 e. The van der Waals surface area contributed by atoms with Gasteiger partial charge in [0.2, 0.25) is 5.91 Å². The number of pyridine rings is 1. The number of carbonyl (C=O) groups excluding carboxylic acids is 2. The van der Waals surface area contributed by atoms with Crippen LogP contribution < -0.4 is 16.0 Å². The van der Waals surface area contributed by atoms with E-state index >= 15 is 0 Å². The summed E-state index contributed by atoms with van der Waals surface area (Å²) in [5.74, 6) is 0.204. The van der Waals surface area contributed by atoms with E-state index in [2.05, 4.69) is 33.1 Å². The molecule has 0 bridgehead atoms. The standard InChI is InChI=1S/C25H34ClN5O3/c1-16(32)31-10-7-19(8-11-31)30-24-23(26)22(6-9-27-24)25(34)29-15-21(33)14-28-20-12-17-4-2-3-5-18(17)13-20/h2,4,6,9,19-21,28,33H,3,5,7-8,10-15H2,1H3,(H,27,30)(H,29,34). The molecule has 2 aliphatic carbocycles. The van der Waals surface area contributed by atoms with E-state index in [1.165, 1.54) is 11.1 Å². The minimum absolute atomic E-state index is 0.0850. The second-order valence-corrected chi connectivity index (χ2v) is 9.77. The van der Waals surface area contributed by atoms with Crippen molar-refractivity contribution in [3.63, 3.8) is 0 Å². The molecule has 1 saturated heterocycles. The van der Waals surface area contributed by atoms with Gasteiger partial charge in [-0.1, -0.05) is 29.3 Å². The van der Waals surface area contributed by atoms with Crippen molar-refractivity contribution in [1.82, 2.24) is 20.5 Å². The average molecular weight is 488 g/mol. The number of allylic oxidation sites excluding steroid dienone is 2. The zero-order valence-corrected chi connectivity index (χ0v) is 20.4. The molecule has 4 N–H and O–H groups in total. The van der Waals surface area contributed by atoms with Crippen LogP contribution in [0.1, 0.15) is 55.8 Å². The number of amides is 2. The Hall–Kier alpha value is -2.42. The highest BCUT2D eigenvalue weighted by atomic mass is 35.5. The molecule has 2 amide bonds. The Morgan fingerprint density at radius 2 is 2.03 bits per heavy atom. The molecule has 0 spiro atoms. The monoisotopic (exact) mass is 487 g/mol. The van der Waals surface area contributed by atoms with Gasteiger partial charge in [0, 0.05) is 51.4 Å². The van der Waals surface area contributed by atoms with Crippen LogP contribution in [0.25, 0.3) is 0 Å². The van der Waals surface area contributed by atoms with Crippen molar-refractivity contribution >= 4 is 29.2 Å². The van der Waals surface area contributed by atoms with E-state index in [0.717, 1.165) is 38.5 Å². The zero-order valence-electron chi connectivity index (χ0n) is 19.6. The number of aliphatic hydroxyl groups is 1. The van der Waals surface area contributed by atoms with Gasteiger partial charge in [-0.15, -0.1) is 0 Å². The van der Waals surface area contributed by atoms with Gasteiger partial charge >= 0.3 is 0 Å². The number of hydrogen-bond donors (Lipinski definition) is 4. The summed E-state index contributed by atoms with van der Waals surface area (Å²) in [7, 11) is 0. The van der Waals surface area contributed by atoms with Crippen LogP contribution in [0.15, 0.2) is 35.6 Å². The lowest BCUT2D eigenvalue weighted by atomic mass is 10.0. The molecule has 34 heavy (non-hydrogen) atoms. The molecule has 4 rings (SSSR count). The lowest BCUT2D eigenvalue weighted by molar-refractivity contribution is -0.129. The van der Waals surface area contributed by atoms with E-state index in [9.17, 15) is 14.7 Å². The van der Waals surface area contributed by atoms with Gasteiger partial charge < -0.3 is 26.0 Å². The number of anilines is 1. The average Bonchev–Trinajstić information content (AvgIpc) is 3.26.